The Morgan fingerprint density at radius 1 is 0.938 bits per heavy atom. The van der Waals surface area contributed by atoms with Gasteiger partial charge in [-0.25, -0.2) is 16.8 Å². The third kappa shape index (κ3) is 4.63. The minimum absolute atomic E-state index is 0.0587. The first-order valence-corrected chi connectivity index (χ1v) is 13.7. The summed E-state index contributed by atoms with van der Waals surface area (Å²) in [6, 6.07) is 12.8. The highest BCUT2D eigenvalue weighted by Crippen LogP contribution is 2.31. The minimum Gasteiger partial charge on any atom is -0.486 e. The summed E-state index contributed by atoms with van der Waals surface area (Å²) in [5, 5.41) is 0. The number of benzene rings is 2. The van der Waals surface area contributed by atoms with Crippen LogP contribution in [0.3, 0.4) is 0 Å². The molecule has 0 spiro atoms. The molecule has 1 saturated heterocycles. The molecule has 10 heteroatoms. The van der Waals surface area contributed by atoms with Gasteiger partial charge in [-0.2, -0.15) is 8.61 Å². The SMILES string of the molecule is CCCN(CC1COc2ccccc2O1)S(=O)(=O)c1ccc(S(=O)(=O)N2CCCC2)cc1. The highest BCUT2D eigenvalue weighted by atomic mass is 32.2. The molecule has 0 aliphatic carbocycles. The number of nitrogens with zero attached hydrogens (tertiary/aromatic N) is 2. The van der Waals surface area contributed by atoms with Gasteiger partial charge >= 0.3 is 0 Å². The molecule has 2 heterocycles. The summed E-state index contributed by atoms with van der Waals surface area (Å²) < 4.78 is 66.6. The van der Waals surface area contributed by atoms with E-state index >= 15 is 0 Å². The zero-order valence-corrected chi connectivity index (χ0v) is 19.6. The van der Waals surface area contributed by atoms with E-state index in [4.69, 9.17) is 9.47 Å². The number of rotatable bonds is 8. The van der Waals surface area contributed by atoms with Gasteiger partial charge in [0.25, 0.3) is 0 Å². The van der Waals surface area contributed by atoms with Crippen molar-refractivity contribution >= 4 is 20.0 Å². The van der Waals surface area contributed by atoms with Gasteiger partial charge in [-0.15, -0.1) is 0 Å². The predicted molar refractivity (Wildman–Crippen MR) is 120 cm³/mol. The maximum Gasteiger partial charge on any atom is 0.243 e. The second-order valence-corrected chi connectivity index (χ2v) is 11.8. The molecule has 0 aromatic heterocycles. The van der Waals surface area contributed by atoms with Crippen LogP contribution in [-0.2, 0) is 20.0 Å². The van der Waals surface area contributed by atoms with Gasteiger partial charge in [-0.1, -0.05) is 19.1 Å². The Labute approximate surface area is 189 Å². The van der Waals surface area contributed by atoms with Crippen LogP contribution in [0.4, 0.5) is 0 Å². The van der Waals surface area contributed by atoms with E-state index in [-0.39, 0.29) is 22.9 Å². The normalized spacial score (nSPS) is 19.4. The van der Waals surface area contributed by atoms with Gasteiger partial charge in [-0.05, 0) is 55.7 Å². The predicted octanol–water partition coefficient (Wildman–Crippen LogP) is 2.71. The number of hydrogen-bond donors (Lipinski definition) is 0. The summed E-state index contributed by atoms with van der Waals surface area (Å²) >= 11 is 0. The van der Waals surface area contributed by atoms with Gasteiger partial charge in [0.05, 0.1) is 16.3 Å². The van der Waals surface area contributed by atoms with Crippen molar-refractivity contribution in [2.75, 3.05) is 32.8 Å². The first-order valence-electron chi connectivity index (χ1n) is 10.8. The molecule has 0 N–H and O–H groups in total. The van der Waals surface area contributed by atoms with Crippen molar-refractivity contribution in [3.05, 3.63) is 48.5 Å². The highest BCUT2D eigenvalue weighted by molar-refractivity contribution is 7.89. The lowest BCUT2D eigenvalue weighted by molar-refractivity contribution is 0.0764. The summed E-state index contributed by atoms with van der Waals surface area (Å²) in [6.45, 7) is 3.61. The number of sulfonamides is 2. The van der Waals surface area contributed by atoms with Crippen LogP contribution in [0.5, 0.6) is 11.5 Å². The number of hydrogen-bond acceptors (Lipinski definition) is 6. The van der Waals surface area contributed by atoms with E-state index in [1.807, 2.05) is 25.1 Å². The average Bonchev–Trinajstić information content (AvgIpc) is 3.35. The molecule has 1 fully saturated rings. The van der Waals surface area contributed by atoms with Crippen molar-refractivity contribution in [2.24, 2.45) is 0 Å². The molecular formula is C22H28N2O6S2. The molecule has 0 bridgehead atoms. The van der Waals surface area contributed by atoms with Crippen LogP contribution in [0.15, 0.2) is 58.3 Å². The zero-order valence-electron chi connectivity index (χ0n) is 18.0. The number of ether oxygens (including phenoxy) is 2. The van der Waals surface area contributed by atoms with Crippen LogP contribution < -0.4 is 9.47 Å². The van der Waals surface area contributed by atoms with Gasteiger partial charge in [0.15, 0.2) is 11.5 Å². The molecule has 2 aliphatic rings. The van der Waals surface area contributed by atoms with E-state index in [1.54, 1.807) is 6.07 Å². The molecule has 1 unspecified atom stereocenters. The third-order valence-corrected chi connectivity index (χ3v) is 9.40. The van der Waals surface area contributed by atoms with Crippen molar-refractivity contribution in [3.8, 4) is 11.5 Å². The smallest absolute Gasteiger partial charge is 0.243 e. The fraction of sp³-hybridized carbons (Fsp3) is 0.455. The number of para-hydroxylation sites is 2. The molecule has 32 heavy (non-hydrogen) atoms. The summed E-state index contributed by atoms with van der Waals surface area (Å²) in [6.07, 6.45) is 1.87. The molecule has 174 valence electrons. The minimum atomic E-state index is -3.83. The molecule has 0 radical (unpaired) electrons. The molecular weight excluding hydrogens is 452 g/mol. The zero-order chi connectivity index (χ0) is 22.8. The average molecular weight is 481 g/mol. The van der Waals surface area contributed by atoms with Crippen molar-refractivity contribution in [3.63, 3.8) is 0 Å². The molecule has 2 aromatic rings. The molecule has 8 nitrogen and oxygen atoms in total. The maximum atomic E-state index is 13.3. The Morgan fingerprint density at radius 2 is 1.56 bits per heavy atom. The van der Waals surface area contributed by atoms with E-state index in [2.05, 4.69) is 0 Å². The van der Waals surface area contributed by atoms with Crippen molar-refractivity contribution in [1.29, 1.82) is 0 Å². The Morgan fingerprint density at radius 3 is 2.22 bits per heavy atom. The molecule has 2 aromatic carbocycles. The molecule has 1 atom stereocenters. The topological polar surface area (TPSA) is 93.2 Å². The Hall–Kier alpha value is -2.14. The van der Waals surface area contributed by atoms with Gasteiger partial charge in [0, 0.05) is 19.6 Å². The van der Waals surface area contributed by atoms with Gasteiger partial charge in [0.1, 0.15) is 12.7 Å². The maximum absolute atomic E-state index is 13.3. The lowest BCUT2D eigenvalue weighted by atomic mass is 10.2. The first-order chi connectivity index (χ1) is 15.3. The Balaban J connectivity index is 1.52. The Kier molecular flexibility index (Phi) is 6.75. The van der Waals surface area contributed by atoms with E-state index in [0.29, 0.717) is 37.6 Å². The van der Waals surface area contributed by atoms with E-state index in [9.17, 15) is 16.8 Å². The second-order valence-electron chi connectivity index (χ2n) is 7.94. The standard InChI is InChI=1S/C22H28N2O6S2/c1-2-13-24(16-18-17-29-21-7-3-4-8-22(21)30-18)32(27,28)20-11-9-19(10-12-20)31(25,26)23-14-5-6-15-23/h3-4,7-12,18H,2,5-6,13-17H2,1H3. The first kappa shape index (κ1) is 23.0. The lowest BCUT2D eigenvalue weighted by Crippen LogP contribution is -2.44. The van der Waals surface area contributed by atoms with Crippen molar-refractivity contribution in [2.45, 2.75) is 42.1 Å². The third-order valence-electron chi connectivity index (χ3n) is 5.61. The van der Waals surface area contributed by atoms with Gasteiger partial charge in [-0.3, -0.25) is 0 Å². The highest BCUT2D eigenvalue weighted by Gasteiger charge is 2.31. The van der Waals surface area contributed by atoms with Crippen LogP contribution in [0.1, 0.15) is 26.2 Å². The molecule has 2 aliphatic heterocycles. The summed E-state index contributed by atoms with van der Waals surface area (Å²) in [5.74, 6) is 1.23. The van der Waals surface area contributed by atoms with E-state index in [1.165, 1.54) is 32.9 Å². The summed E-state index contributed by atoms with van der Waals surface area (Å²) in [5.41, 5.74) is 0. The monoisotopic (exact) mass is 480 g/mol. The van der Waals surface area contributed by atoms with Crippen LogP contribution in [0.2, 0.25) is 0 Å². The van der Waals surface area contributed by atoms with Crippen LogP contribution in [0.25, 0.3) is 0 Å². The lowest BCUT2D eigenvalue weighted by Gasteiger charge is -2.30. The Bertz CT molecular complexity index is 1140. The van der Waals surface area contributed by atoms with Crippen molar-refractivity contribution < 1.29 is 26.3 Å². The summed E-state index contributed by atoms with van der Waals surface area (Å²) in [7, 11) is -7.43. The van der Waals surface area contributed by atoms with Gasteiger partial charge < -0.3 is 9.47 Å². The quantitative estimate of drug-likeness (QED) is 0.577. The fourth-order valence-electron chi connectivity index (χ4n) is 3.95. The van der Waals surface area contributed by atoms with Crippen LogP contribution in [-0.4, -0.2) is 64.3 Å². The van der Waals surface area contributed by atoms with E-state index in [0.717, 1.165) is 12.8 Å². The molecule has 4 rings (SSSR count). The molecule has 0 saturated carbocycles. The van der Waals surface area contributed by atoms with Gasteiger partial charge in [0.2, 0.25) is 20.0 Å². The molecule has 0 amide bonds. The van der Waals surface area contributed by atoms with Crippen LogP contribution in [0, 0.1) is 0 Å². The van der Waals surface area contributed by atoms with E-state index < -0.39 is 26.2 Å². The van der Waals surface area contributed by atoms with Crippen LogP contribution >= 0.6 is 0 Å². The largest absolute Gasteiger partial charge is 0.486 e. The number of fused-ring (bicyclic) bond motifs is 1. The van der Waals surface area contributed by atoms with Crippen molar-refractivity contribution in [1.82, 2.24) is 8.61 Å². The second kappa shape index (κ2) is 9.38. The summed E-state index contributed by atoms with van der Waals surface area (Å²) in [4.78, 5) is 0.171. The fourth-order valence-corrected chi connectivity index (χ4v) is 7.03.